The molecule has 6 heteroatoms. The molecule has 0 radical (unpaired) electrons. The van der Waals surface area contributed by atoms with Gasteiger partial charge in [-0.05, 0) is 66.4 Å². The van der Waals surface area contributed by atoms with Gasteiger partial charge in [0.1, 0.15) is 16.5 Å². The molecule has 36 heavy (non-hydrogen) atoms. The number of aliphatic imine (C=N–C) groups is 1. The third-order valence-corrected chi connectivity index (χ3v) is 7.10. The van der Waals surface area contributed by atoms with E-state index in [0.29, 0.717) is 11.0 Å². The van der Waals surface area contributed by atoms with Crippen LogP contribution in [0.5, 0.6) is 11.5 Å². The van der Waals surface area contributed by atoms with Crippen LogP contribution >= 0.6 is 11.3 Å². The highest BCUT2D eigenvalue weighted by Crippen LogP contribution is 2.29. The van der Waals surface area contributed by atoms with Gasteiger partial charge in [0.15, 0.2) is 0 Å². The Morgan fingerprint density at radius 1 is 0.806 bits per heavy atom. The lowest BCUT2D eigenvalue weighted by Crippen LogP contribution is -2.07. The minimum Gasteiger partial charge on any atom is -0.494 e. The van der Waals surface area contributed by atoms with Crippen molar-refractivity contribution in [2.24, 2.45) is 10.9 Å². The van der Waals surface area contributed by atoms with Gasteiger partial charge in [-0.25, -0.2) is 4.99 Å². The Bertz CT molecular complexity index is 1020. The molecule has 0 spiro atoms. The Kier molecular flexibility index (Phi) is 12.5. The normalized spacial score (nSPS) is 12.2. The fourth-order valence-corrected chi connectivity index (χ4v) is 4.34. The van der Waals surface area contributed by atoms with Gasteiger partial charge in [-0.1, -0.05) is 83.5 Å². The van der Waals surface area contributed by atoms with Crippen LogP contribution in [-0.2, 0) is 0 Å². The van der Waals surface area contributed by atoms with Gasteiger partial charge in [-0.2, -0.15) is 0 Å². The summed E-state index contributed by atoms with van der Waals surface area (Å²) in [6.45, 7) is 8.14. The maximum Gasteiger partial charge on any atom is 0.231 e. The van der Waals surface area contributed by atoms with Crippen LogP contribution in [0, 0.1) is 5.92 Å². The summed E-state index contributed by atoms with van der Waals surface area (Å²) in [5.41, 5.74) is 2.02. The molecule has 1 aromatic heterocycles. The summed E-state index contributed by atoms with van der Waals surface area (Å²) in [5.74, 6) is 2.35. The number of aromatic nitrogens is 2. The fraction of sp³-hybridized carbons (Fsp3) is 0.500. The zero-order valence-electron chi connectivity index (χ0n) is 22.1. The van der Waals surface area contributed by atoms with Gasteiger partial charge < -0.3 is 9.47 Å². The van der Waals surface area contributed by atoms with Gasteiger partial charge >= 0.3 is 0 Å². The second kappa shape index (κ2) is 16.1. The first kappa shape index (κ1) is 27.9. The van der Waals surface area contributed by atoms with Crippen LogP contribution in [0.1, 0.15) is 84.1 Å². The minimum absolute atomic E-state index is 0.557. The van der Waals surface area contributed by atoms with Crippen LogP contribution in [0.4, 0.5) is 5.13 Å². The number of hydrogen-bond acceptors (Lipinski definition) is 6. The highest BCUT2D eigenvalue weighted by atomic mass is 32.1. The van der Waals surface area contributed by atoms with Crippen LogP contribution < -0.4 is 9.47 Å². The van der Waals surface area contributed by atoms with Crippen molar-refractivity contribution in [3.8, 4) is 22.1 Å². The Morgan fingerprint density at radius 3 is 2.14 bits per heavy atom. The lowest BCUT2D eigenvalue weighted by Gasteiger charge is -2.10. The summed E-state index contributed by atoms with van der Waals surface area (Å²) in [7, 11) is 0. The van der Waals surface area contributed by atoms with E-state index in [9.17, 15) is 0 Å². The second-order valence-corrected chi connectivity index (χ2v) is 10.3. The molecular formula is C30H41N3O2S. The summed E-state index contributed by atoms with van der Waals surface area (Å²) < 4.78 is 11.7. The number of unbranched alkanes of at least 4 members (excludes halogenated alkanes) is 7. The van der Waals surface area contributed by atoms with Crippen molar-refractivity contribution in [1.82, 2.24) is 10.2 Å². The minimum atomic E-state index is 0.557. The Morgan fingerprint density at radius 2 is 1.44 bits per heavy atom. The molecule has 0 aliphatic rings. The molecule has 3 rings (SSSR count). The highest BCUT2D eigenvalue weighted by Gasteiger charge is 2.06. The lowest BCUT2D eigenvalue weighted by atomic mass is 10.1. The molecule has 0 amide bonds. The summed E-state index contributed by atoms with van der Waals surface area (Å²) >= 11 is 1.48. The third kappa shape index (κ3) is 10.1. The molecule has 0 saturated heterocycles. The van der Waals surface area contributed by atoms with E-state index in [2.05, 4.69) is 36.0 Å². The van der Waals surface area contributed by atoms with Gasteiger partial charge in [0.25, 0.3) is 0 Å². The Hall–Kier alpha value is -2.73. The first-order valence-corrected chi connectivity index (χ1v) is 14.3. The molecule has 2 aromatic carbocycles. The molecule has 0 saturated carbocycles. The largest absolute Gasteiger partial charge is 0.494 e. The SMILES string of the molecule is CCCCCCCCCCOc1ccc(-c2nnc(/N=C/c3ccc(OC[C@H](C)CC)cc3)s2)cc1. The van der Waals surface area contributed by atoms with Crippen molar-refractivity contribution in [2.45, 2.75) is 78.6 Å². The van der Waals surface area contributed by atoms with Gasteiger partial charge in [-0.3, -0.25) is 0 Å². The predicted molar refractivity (Wildman–Crippen MR) is 152 cm³/mol. The Labute approximate surface area is 221 Å². The van der Waals surface area contributed by atoms with Crippen LogP contribution in [0.25, 0.3) is 10.6 Å². The monoisotopic (exact) mass is 507 g/mol. The number of nitrogens with zero attached hydrogens (tertiary/aromatic N) is 3. The molecule has 0 bridgehead atoms. The Balaban J connectivity index is 1.40. The molecule has 0 aliphatic carbocycles. The molecule has 0 unspecified atom stereocenters. The lowest BCUT2D eigenvalue weighted by molar-refractivity contribution is 0.256. The fourth-order valence-electron chi connectivity index (χ4n) is 3.64. The smallest absolute Gasteiger partial charge is 0.231 e. The summed E-state index contributed by atoms with van der Waals surface area (Å²) in [4.78, 5) is 4.50. The van der Waals surface area contributed by atoms with Crippen molar-refractivity contribution in [3.63, 3.8) is 0 Å². The first-order valence-electron chi connectivity index (χ1n) is 13.5. The van der Waals surface area contributed by atoms with Gasteiger partial charge in [-0.15, -0.1) is 10.2 Å². The quantitative estimate of drug-likeness (QED) is 0.135. The van der Waals surface area contributed by atoms with Gasteiger partial charge in [0, 0.05) is 11.8 Å². The molecule has 1 heterocycles. The average Bonchev–Trinajstić information content (AvgIpc) is 3.39. The van der Waals surface area contributed by atoms with E-state index in [0.717, 1.165) is 53.7 Å². The third-order valence-electron chi connectivity index (χ3n) is 6.22. The molecular weight excluding hydrogens is 466 g/mol. The number of hydrogen-bond donors (Lipinski definition) is 0. The van der Waals surface area contributed by atoms with E-state index in [1.807, 2.05) is 54.7 Å². The van der Waals surface area contributed by atoms with E-state index in [4.69, 9.17) is 9.47 Å². The molecule has 3 aromatic rings. The molecule has 5 nitrogen and oxygen atoms in total. The van der Waals surface area contributed by atoms with Crippen molar-refractivity contribution in [3.05, 3.63) is 54.1 Å². The van der Waals surface area contributed by atoms with Crippen LogP contribution in [0.2, 0.25) is 0 Å². The standard InChI is InChI=1S/C30H41N3O2S/c1-4-6-7-8-9-10-11-12-21-34-27-19-15-26(16-20-27)29-32-33-30(36-29)31-22-25-13-17-28(18-14-25)35-23-24(3)5-2/h13-20,22,24H,4-12,21,23H2,1-3H3/b31-22+/t24-/m1/s1. The maximum atomic E-state index is 5.91. The zero-order chi connectivity index (χ0) is 25.4. The zero-order valence-corrected chi connectivity index (χ0v) is 22.9. The summed E-state index contributed by atoms with van der Waals surface area (Å²) in [5, 5.41) is 10.0. The summed E-state index contributed by atoms with van der Waals surface area (Å²) in [6.07, 6.45) is 13.4. The van der Waals surface area contributed by atoms with E-state index in [1.165, 1.54) is 56.3 Å². The first-order chi connectivity index (χ1) is 17.7. The molecule has 0 aliphatic heterocycles. The molecule has 1 atom stereocenters. The maximum absolute atomic E-state index is 5.91. The second-order valence-electron chi connectivity index (χ2n) is 9.39. The van der Waals surface area contributed by atoms with E-state index < -0.39 is 0 Å². The van der Waals surface area contributed by atoms with E-state index in [1.54, 1.807) is 0 Å². The van der Waals surface area contributed by atoms with Crippen LogP contribution in [0.3, 0.4) is 0 Å². The molecule has 0 N–H and O–H groups in total. The number of ether oxygens (including phenoxy) is 2. The van der Waals surface area contributed by atoms with Gasteiger partial charge in [0.2, 0.25) is 5.13 Å². The van der Waals surface area contributed by atoms with Crippen LogP contribution in [0.15, 0.2) is 53.5 Å². The van der Waals surface area contributed by atoms with Crippen molar-refractivity contribution in [2.75, 3.05) is 13.2 Å². The van der Waals surface area contributed by atoms with Crippen molar-refractivity contribution >= 4 is 22.7 Å². The van der Waals surface area contributed by atoms with E-state index in [-0.39, 0.29) is 0 Å². The summed E-state index contributed by atoms with van der Waals surface area (Å²) in [6, 6.07) is 16.1. The predicted octanol–water partition coefficient (Wildman–Crippen LogP) is 8.90. The van der Waals surface area contributed by atoms with Crippen molar-refractivity contribution in [1.29, 1.82) is 0 Å². The van der Waals surface area contributed by atoms with Gasteiger partial charge in [0.05, 0.1) is 13.2 Å². The average molecular weight is 508 g/mol. The van der Waals surface area contributed by atoms with Crippen LogP contribution in [-0.4, -0.2) is 29.6 Å². The highest BCUT2D eigenvalue weighted by molar-refractivity contribution is 7.18. The number of benzene rings is 2. The molecule has 194 valence electrons. The number of rotatable bonds is 17. The van der Waals surface area contributed by atoms with E-state index >= 15 is 0 Å². The topological polar surface area (TPSA) is 56.6 Å². The molecule has 0 fully saturated rings. The van der Waals surface area contributed by atoms with Crippen molar-refractivity contribution < 1.29 is 9.47 Å².